The summed E-state index contributed by atoms with van der Waals surface area (Å²) in [5.74, 6) is -1.75. The molecule has 2 unspecified atom stereocenters. The van der Waals surface area contributed by atoms with Gasteiger partial charge in [0, 0.05) is 34.7 Å². The zero-order chi connectivity index (χ0) is 27.0. The highest BCUT2D eigenvalue weighted by Gasteiger charge is 2.26. The van der Waals surface area contributed by atoms with Crippen LogP contribution in [0.1, 0.15) is 57.9 Å². The number of furan rings is 1. The summed E-state index contributed by atoms with van der Waals surface area (Å²) in [6.45, 7) is 3.46. The first-order valence-electron chi connectivity index (χ1n) is 12.1. The van der Waals surface area contributed by atoms with Gasteiger partial charge in [-0.25, -0.2) is 8.78 Å². The molecule has 0 spiro atoms. The number of aryl methyl sites for hydroxylation is 2. The van der Waals surface area contributed by atoms with Crippen molar-refractivity contribution in [3.8, 4) is 0 Å². The van der Waals surface area contributed by atoms with Gasteiger partial charge >= 0.3 is 0 Å². The van der Waals surface area contributed by atoms with E-state index in [0.29, 0.717) is 44.9 Å². The number of carbonyl (C=O) groups is 1. The Morgan fingerprint density at radius 2 is 1.71 bits per heavy atom. The summed E-state index contributed by atoms with van der Waals surface area (Å²) in [7, 11) is 0. The normalized spacial score (nSPS) is 13.1. The number of aromatic nitrogens is 1. The van der Waals surface area contributed by atoms with Crippen LogP contribution in [-0.4, -0.2) is 16.0 Å². The lowest BCUT2D eigenvalue weighted by atomic mass is 9.85. The Balaban J connectivity index is 1.39. The Bertz CT molecular complexity index is 1580. The van der Waals surface area contributed by atoms with E-state index < -0.39 is 23.7 Å². The van der Waals surface area contributed by atoms with Crippen molar-refractivity contribution < 1.29 is 27.6 Å². The molecular weight excluding hydrogens is 512 g/mol. The average Bonchev–Trinajstić information content (AvgIpc) is 3.45. The number of Topliss-reactive ketones (excluding diaryl/α,β-unsaturated/α-hetero) is 1. The molecule has 5 rings (SSSR count). The van der Waals surface area contributed by atoms with Crippen molar-refractivity contribution in [1.82, 2.24) is 5.16 Å². The zero-order valence-corrected chi connectivity index (χ0v) is 21.4. The molecule has 194 valence electrons. The van der Waals surface area contributed by atoms with Crippen LogP contribution < -0.4 is 0 Å². The highest BCUT2D eigenvalue weighted by Crippen LogP contribution is 2.35. The standard InChI is InChI=1S/C30H24ClF2NO4/c1-16-28(17(2)38-34-16)30(36)27-12-20-10-18(8-9-26(20)37-27)11-22(35)15-23(19-6-4-3-5-7-19)29-24(32)13-21(31)14-25(29)33/h3-10,12-14,23,30,36H,11,15H2,1-2H3. The van der Waals surface area contributed by atoms with Gasteiger partial charge in [0.15, 0.2) is 0 Å². The van der Waals surface area contributed by atoms with Gasteiger partial charge in [-0.1, -0.05) is 53.2 Å². The summed E-state index contributed by atoms with van der Waals surface area (Å²) in [6.07, 6.45) is -1.09. The van der Waals surface area contributed by atoms with Gasteiger partial charge in [0.2, 0.25) is 0 Å². The van der Waals surface area contributed by atoms with Crippen LogP contribution in [0, 0.1) is 25.5 Å². The Morgan fingerprint density at radius 3 is 2.37 bits per heavy atom. The van der Waals surface area contributed by atoms with Crippen molar-refractivity contribution in [2.75, 3.05) is 0 Å². The number of hydrogen-bond donors (Lipinski definition) is 1. The summed E-state index contributed by atoms with van der Waals surface area (Å²) in [5, 5.41) is 15.4. The number of nitrogens with zero attached hydrogens (tertiary/aromatic N) is 1. The van der Waals surface area contributed by atoms with Gasteiger partial charge in [-0.15, -0.1) is 0 Å². The number of ketones is 1. The van der Waals surface area contributed by atoms with Crippen LogP contribution in [0.15, 0.2) is 75.7 Å². The average molecular weight is 536 g/mol. The van der Waals surface area contributed by atoms with Crippen LogP contribution >= 0.6 is 11.6 Å². The van der Waals surface area contributed by atoms with Gasteiger partial charge < -0.3 is 14.0 Å². The summed E-state index contributed by atoms with van der Waals surface area (Å²) >= 11 is 5.82. The Labute approximate surface area is 222 Å². The maximum absolute atomic E-state index is 14.8. The second-order valence-electron chi connectivity index (χ2n) is 9.33. The van der Waals surface area contributed by atoms with Crippen molar-refractivity contribution in [2.45, 2.75) is 38.7 Å². The largest absolute Gasteiger partial charge is 0.458 e. The van der Waals surface area contributed by atoms with Gasteiger partial charge in [0.1, 0.15) is 40.6 Å². The lowest BCUT2D eigenvalue weighted by Gasteiger charge is -2.19. The lowest BCUT2D eigenvalue weighted by Crippen LogP contribution is -2.14. The highest BCUT2D eigenvalue weighted by atomic mass is 35.5. The van der Waals surface area contributed by atoms with E-state index in [1.54, 1.807) is 68.4 Å². The number of fused-ring (bicyclic) bond motifs is 1. The minimum atomic E-state index is -1.05. The minimum absolute atomic E-state index is 0.0471. The molecule has 5 nitrogen and oxygen atoms in total. The van der Waals surface area contributed by atoms with E-state index in [1.807, 2.05) is 0 Å². The van der Waals surface area contributed by atoms with Crippen molar-refractivity contribution in [3.63, 3.8) is 0 Å². The molecule has 2 aromatic heterocycles. The number of carbonyl (C=O) groups excluding carboxylic acids is 1. The van der Waals surface area contributed by atoms with Crippen molar-refractivity contribution in [3.05, 3.63) is 123 Å². The molecule has 3 aromatic carbocycles. The van der Waals surface area contributed by atoms with E-state index in [2.05, 4.69) is 5.16 Å². The predicted molar refractivity (Wildman–Crippen MR) is 139 cm³/mol. The second-order valence-corrected chi connectivity index (χ2v) is 9.76. The van der Waals surface area contributed by atoms with Crippen molar-refractivity contribution in [2.24, 2.45) is 0 Å². The van der Waals surface area contributed by atoms with Gasteiger partial charge in [-0.3, -0.25) is 4.79 Å². The van der Waals surface area contributed by atoms with Gasteiger partial charge in [0.05, 0.1) is 11.3 Å². The molecule has 0 saturated heterocycles. The molecule has 0 aliphatic carbocycles. The van der Waals surface area contributed by atoms with Crippen molar-refractivity contribution >= 4 is 28.4 Å². The Morgan fingerprint density at radius 1 is 1.00 bits per heavy atom. The smallest absolute Gasteiger partial charge is 0.142 e. The number of aliphatic hydroxyl groups is 1. The maximum Gasteiger partial charge on any atom is 0.142 e. The van der Waals surface area contributed by atoms with Crippen LogP contribution in [0.4, 0.5) is 8.78 Å². The first-order valence-corrected chi connectivity index (χ1v) is 12.4. The summed E-state index contributed by atoms with van der Waals surface area (Å²) in [4.78, 5) is 13.2. The SMILES string of the molecule is Cc1noc(C)c1C(O)c1cc2cc(CC(=O)CC(c3ccccc3)c3c(F)cc(Cl)cc3F)ccc2o1. The maximum atomic E-state index is 14.8. The fraction of sp³-hybridized carbons (Fsp3) is 0.200. The monoisotopic (exact) mass is 535 g/mol. The van der Waals surface area contributed by atoms with E-state index in [9.17, 15) is 18.7 Å². The molecule has 0 saturated carbocycles. The molecular formula is C30H24ClF2NO4. The van der Waals surface area contributed by atoms with Crippen LogP contribution in [-0.2, 0) is 11.2 Å². The highest BCUT2D eigenvalue weighted by molar-refractivity contribution is 6.30. The van der Waals surface area contributed by atoms with E-state index >= 15 is 0 Å². The molecule has 38 heavy (non-hydrogen) atoms. The lowest BCUT2D eigenvalue weighted by molar-refractivity contribution is -0.118. The van der Waals surface area contributed by atoms with Gasteiger partial charge in [-0.05, 0) is 55.3 Å². The fourth-order valence-corrected chi connectivity index (χ4v) is 5.06. The third kappa shape index (κ3) is 5.12. The van der Waals surface area contributed by atoms with Crippen LogP contribution in [0.2, 0.25) is 5.02 Å². The number of rotatable bonds is 8. The molecule has 0 aliphatic rings. The fourth-order valence-electron chi connectivity index (χ4n) is 4.87. The zero-order valence-electron chi connectivity index (χ0n) is 20.7. The van der Waals surface area contributed by atoms with E-state index in [4.69, 9.17) is 20.5 Å². The summed E-state index contributed by atoms with van der Waals surface area (Å²) < 4.78 is 40.7. The number of aliphatic hydroxyl groups excluding tert-OH is 1. The molecule has 2 atom stereocenters. The molecule has 0 fully saturated rings. The first-order chi connectivity index (χ1) is 18.2. The van der Waals surface area contributed by atoms with E-state index in [0.717, 1.165) is 12.1 Å². The number of hydrogen-bond acceptors (Lipinski definition) is 5. The molecule has 0 bridgehead atoms. The third-order valence-electron chi connectivity index (χ3n) is 6.66. The molecule has 8 heteroatoms. The first kappa shape index (κ1) is 25.8. The quantitative estimate of drug-likeness (QED) is 0.224. The van der Waals surface area contributed by atoms with E-state index in [1.165, 1.54) is 0 Å². The minimum Gasteiger partial charge on any atom is -0.458 e. The van der Waals surface area contributed by atoms with Crippen molar-refractivity contribution in [1.29, 1.82) is 0 Å². The van der Waals surface area contributed by atoms with Crippen LogP contribution in [0.5, 0.6) is 0 Å². The summed E-state index contributed by atoms with van der Waals surface area (Å²) in [5.41, 5.74) is 2.83. The molecule has 5 aromatic rings. The second kappa shape index (κ2) is 10.5. The van der Waals surface area contributed by atoms with Crippen LogP contribution in [0.25, 0.3) is 11.0 Å². The third-order valence-corrected chi connectivity index (χ3v) is 6.88. The molecule has 2 heterocycles. The molecule has 0 radical (unpaired) electrons. The van der Waals surface area contributed by atoms with Gasteiger partial charge in [0.25, 0.3) is 0 Å². The number of halogens is 3. The Hall–Kier alpha value is -3.81. The Kier molecular flexibility index (Phi) is 7.15. The molecule has 1 N–H and O–H groups in total. The van der Waals surface area contributed by atoms with E-state index in [-0.39, 0.29) is 29.2 Å². The molecule has 0 amide bonds. The van der Waals surface area contributed by atoms with Crippen LogP contribution in [0.3, 0.4) is 0 Å². The van der Waals surface area contributed by atoms with Gasteiger partial charge in [-0.2, -0.15) is 0 Å². The number of benzene rings is 3. The molecule has 0 aliphatic heterocycles. The topological polar surface area (TPSA) is 76.5 Å². The summed E-state index contributed by atoms with van der Waals surface area (Å²) in [6, 6.07) is 17.9. The predicted octanol–water partition coefficient (Wildman–Crippen LogP) is 7.38.